The number of nitrogens with zero attached hydrogens (tertiary/aromatic N) is 1. The Balaban J connectivity index is 1.92. The Morgan fingerprint density at radius 1 is 1.35 bits per heavy atom. The van der Waals surface area contributed by atoms with Crippen molar-refractivity contribution in [1.29, 1.82) is 0 Å². The molecule has 0 aromatic carbocycles. The van der Waals surface area contributed by atoms with Gasteiger partial charge in [-0.15, -0.1) is 0 Å². The lowest BCUT2D eigenvalue weighted by atomic mass is 9.94. The SMILES string of the molecule is CSC1CCCCC1NCc1c(C)noc1C. The molecule has 2 unspecified atom stereocenters. The quantitative estimate of drug-likeness (QED) is 0.896. The highest BCUT2D eigenvalue weighted by Gasteiger charge is 2.24. The molecule has 0 bridgehead atoms. The maximum Gasteiger partial charge on any atom is 0.138 e. The van der Waals surface area contributed by atoms with Crippen LogP contribution in [0, 0.1) is 13.8 Å². The number of aromatic nitrogens is 1. The minimum absolute atomic E-state index is 0.646. The summed E-state index contributed by atoms with van der Waals surface area (Å²) in [4.78, 5) is 0. The van der Waals surface area contributed by atoms with E-state index in [1.165, 1.54) is 31.2 Å². The fraction of sp³-hybridized carbons (Fsp3) is 0.769. The van der Waals surface area contributed by atoms with E-state index in [2.05, 4.69) is 16.7 Å². The lowest BCUT2D eigenvalue weighted by Gasteiger charge is -2.31. The van der Waals surface area contributed by atoms with Gasteiger partial charge in [-0.1, -0.05) is 18.0 Å². The van der Waals surface area contributed by atoms with Gasteiger partial charge in [0.1, 0.15) is 5.76 Å². The standard InChI is InChI=1S/C13H22N2OS/c1-9-11(10(2)16-15-9)8-14-12-6-4-5-7-13(12)17-3/h12-14H,4-8H2,1-3H3. The third kappa shape index (κ3) is 3.05. The molecule has 0 amide bonds. The third-order valence-electron chi connectivity index (χ3n) is 3.73. The molecular weight excluding hydrogens is 232 g/mol. The molecule has 4 heteroatoms. The van der Waals surface area contributed by atoms with Crippen LogP contribution in [0.15, 0.2) is 4.52 Å². The second-order valence-corrected chi connectivity index (χ2v) is 5.93. The van der Waals surface area contributed by atoms with Crippen molar-refractivity contribution in [2.24, 2.45) is 0 Å². The van der Waals surface area contributed by atoms with E-state index in [9.17, 15) is 0 Å². The van der Waals surface area contributed by atoms with Gasteiger partial charge in [0.2, 0.25) is 0 Å². The molecule has 1 aromatic rings. The first kappa shape index (κ1) is 13.0. The number of hydrogen-bond acceptors (Lipinski definition) is 4. The molecule has 2 rings (SSSR count). The first-order chi connectivity index (χ1) is 8.22. The zero-order valence-corrected chi connectivity index (χ0v) is 11.8. The van der Waals surface area contributed by atoms with Crippen molar-refractivity contribution in [3.63, 3.8) is 0 Å². The maximum absolute atomic E-state index is 5.19. The van der Waals surface area contributed by atoms with Crippen LogP contribution >= 0.6 is 11.8 Å². The fourth-order valence-corrected chi connectivity index (χ4v) is 3.56. The summed E-state index contributed by atoms with van der Waals surface area (Å²) in [7, 11) is 0. The molecular formula is C13H22N2OS. The van der Waals surface area contributed by atoms with Crippen LogP contribution in [0.1, 0.15) is 42.7 Å². The van der Waals surface area contributed by atoms with Gasteiger partial charge in [-0.25, -0.2) is 0 Å². The molecule has 1 aliphatic rings. The smallest absolute Gasteiger partial charge is 0.138 e. The predicted molar refractivity (Wildman–Crippen MR) is 72.4 cm³/mol. The van der Waals surface area contributed by atoms with Crippen molar-refractivity contribution < 1.29 is 4.52 Å². The summed E-state index contributed by atoms with van der Waals surface area (Å²) in [5.74, 6) is 0.950. The van der Waals surface area contributed by atoms with Crippen LogP contribution in [-0.4, -0.2) is 22.7 Å². The number of thioether (sulfide) groups is 1. The van der Waals surface area contributed by atoms with Gasteiger partial charge in [0.25, 0.3) is 0 Å². The zero-order chi connectivity index (χ0) is 12.3. The summed E-state index contributed by atoms with van der Waals surface area (Å²) in [6.07, 6.45) is 7.61. The van der Waals surface area contributed by atoms with Gasteiger partial charge < -0.3 is 9.84 Å². The summed E-state index contributed by atoms with van der Waals surface area (Å²) >= 11 is 2.00. The molecule has 1 heterocycles. The van der Waals surface area contributed by atoms with Gasteiger partial charge in [0.05, 0.1) is 5.69 Å². The van der Waals surface area contributed by atoms with E-state index in [1.54, 1.807) is 0 Å². The van der Waals surface area contributed by atoms with E-state index >= 15 is 0 Å². The van der Waals surface area contributed by atoms with Gasteiger partial charge in [-0.2, -0.15) is 11.8 Å². The second-order valence-electron chi connectivity index (χ2n) is 4.85. The van der Waals surface area contributed by atoms with Crippen LogP contribution in [0.4, 0.5) is 0 Å². The highest BCUT2D eigenvalue weighted by atomic mass is 32.2. The third-order valence-corrected chi connectivity index (χ3v) is 4.90. The van der Waals surface area contributed by atoms with E-state index in [-0.39, 0.29) is 0 Å². The van der Waals surface area contributed by atoms with E-state index in [1.807, 2.05) is 25.6 Å². The van der Waals surface area contributed by atoms with Crippen LogP contribution in [0.3, 0.4) is 0 Å². The van der Waals surface area contributed by atoms with Gasteiger partial charge in [0, 0.05) is 23.4 Å². The van der Waals surface area contributed by atoms with Gasteiger partial charge in [-0.05, 0) is 32.9 Å². The van der Waals surface area contributed by atoms with E-state index < -0.39 is 0 Å². The molecule has 1 aliphatic carbocycles. The van der Waals surface area contributed by atoms with Crippen LogP contribution < -0.4 is 5.32 Å². The first-order valence-electron chi connectivity index (χ1n) is 6.40. The number of rotatable bonds is 4. The average Bonchev–Trinajstić information content (AvgIpc) is 2.67. The molecule has 1 fully saturated rings. The molecule has 0 saturated heterocycles. The van der Waals surface area contributed by atoms with Crippen molar-refractivity contribution in [3.8, 4) is 0 Å². The van der Waals surface area contributed by atoms with Crippen LogP contribution in [0.5, 0.6) is 0 Å². The van der Waals surface area contributed by atoms with Crippen LogP contribution in [0.25, 0.3) is 0 Å². The first-order valence-corrected chi connectivity index (χ1v) is 7.69. The minimum Gasteiger partial charge on any atom is -0.361 e. The topological polar surface area (TPSA) is 38.1 Å². The Hall–Kier alpha value is -0.480. The molecule has 96 valence electrons. The second kappa shape index (κ2) is 5.91. The van der Waals surface area contributed by atoms with Crippen molar-refractivity contribution in [2.75, 3.05) is 6.26 Å². The molecule has 1 N–H and O–H groups in total. The number of aryl methyl sites for hydroxylation is 2. The van der Waals surface area contributed by atoms with Gasteiger partial charge in [0.15, 0.2) is 0 Å². The molecule has 0 radical (unpaired) electrons. The molecule has 1 aromatic heterocycles. The molecule has 3 nitrogen and oxygen atoms in total. The Kier molecular flexibility index (Phi) is 4.51. The zero-order valence-electron chi connectivity index (χ0n) is 11.0. The summed E-state index contributed by atoms with van der Waals surface area (Å²) < 4.78 is 5.19. The van der Waals surface area contributed by atoms with Crippen molar-refractivity contribution in [2.45, 2.75) is 57.4 Å². The minimum atomic E-state index is 0.646. The van der Waals surface area contributed by atoms with Crippen LogP contribution in [0.2, 0.25) is 0 Å². The normalized spacial score (nSPS) is 25.1. The number of hydrogen-bond donors (Lipinski definition) is 1. The summed E-state index contributed by atoms with van der Waals surface area (Å²) in [6.45, 7) is 4.90. The summed E-state index contributed by atoms with van der Waals surface area (Å²) in [5.41, 5.74) is 2.25. The van der Waals surface area contributed by atoms with E-state index in [0.29, 0.717) is 6.04 Å². The predicted octanol–water partition coefficient (Wildman–Crippen LogP) is 3.06. The summed E-state index contributed by atoms with van der Waals surface area (Å²) in [5, 5.41) is 8.45. The molecule has 0 spiro atoms. The van der Waals surface area contributed by atoms with Crippen molar-refractivity contribution in [1.82, 2.24) is 10.5 Å². The Morgan fingerprint density at radius 2 is 2.12 bits per heavy atom. The molecule has 0 aliphatic heterocycles. The number of nitrogens with one attached hydrogen (secondary N) is 1. The lowest BCUT2D eigenvalue weighted by Crippen LogP contribution is -2.40. The monoisotopic (exact) mass is 254 g/mol. The van der Waals surface area contributed by atoms with E-state index in [4.69, 9.17) is 4.52 Å². The van der Waals surface area contributed by atoms with Crippen molar-refractivity contribution >= 4 is 11.8 Å². The van der Waals surface area contributed by atoms with Crippen molar-refractivity contribution in [3.05, 3.63) is 17.0 Å². The Bertz CT molecular complexity index is 345. The largest absolute Gasteiger partial charge is 0.361 e. The molecule has 2 atom stereocenters. The lowest BCUT2D eigenvalue weighted by molar-refractivity contribution is 0.377. The van der Waals surface area contributed by atoms with Gasteiger partial charge >= 0.3 is 0 Å². The molecule has 17 heavy (non-hydrogen) atoms. The highest BCUT2D eigenvalue weighted by molar-refractivity contribution is 7.99. The van der Waals surface area contributed by atoms with Crippen LogP contribution in [-0.2, 0) is 6.54 Å². The Morgan fingerprint density at radius 3 is 2.76 bits per heavy atom. The summed E-state index contributed by atoms with van der Waals surface area (Å²) in [6, 6.07) is 0.646. The average molecular weight is 254 g/mol. The fourth-order valence-electron chi connectivity index (χ4n) is 2.60. The maximum atomic E-state index is 5.19. The Labute approximate surface area is 108 Å². The van der Waals surface area contributed by atoms with Gasteiger partial charge in [-0.3, -0.25) is 0 Å². The highest BCUT2D eigenvalue weighted by Crippen LogP contribution is 2.27. The molecule has 1 saturated carbocycles. The van der Waals surface area contributed by atoms with E-state index in [0.717, 1.165) is 23.2 Å².